The minimum atomic E-state index is 0.241. The third-order valence-corrected chi connectivity index (χ3v) is 2.86. The van der Waals surface area contributed by atoms with Gasteiger partial charge < -0.3 is 9.73 Å². The monoisotopic (exact) mass is 229 g/mol. The van der Waals surface area contributed by atoms with Crippen LogP contribution in [0.1, 0.15) is 35.4 Å². The Hall–Kier alpha value is -1.54. The minimum Gasteiger partial charge on any atom is -0.468 e. The Labute approximate surface area is 103 Å². The Balaban J connectivity index is 1.98. The van der Waals surface area contributed by atoms with Gasteiger partial charge in [0.05, 0.1) is 12.3 Å². The van der Waals surface area contributed by atoms with Crippen molar-refractivity contribution in [1.82, 2.24) is 5.32 Å². The van der Waals surface area contributed by atoms with E-state index >= 15 is 0 Å². The summed E-state index contributed by atoms with van der Waals surface area (Å²) in [6.45, 7) is 7.24. The number of furan rings is 1. The zero-order valence-electron chi connectivity index (χ0n) is 10.7. The molecule has 0 saturated carbocycles. The van der Waals surface area contributed by atoms with Crippen LogP contribution in [0.15, 0.2) is 41.0 Å². The van der Waals surface area contributed by atoms with E-state index in [-0.39, 0.29) is 6.04 Å². The van der Waals surface area contributed by atoms with Gasteiger partial charge in [0.25, 0.3) is 0 Å². The summed E-state index contributed by atoms with van der Waals surface area (Å²) < 4.78 is 5.37. The van der Waals surface area contributed by atoms with E-state index in [1.807, 2.05) is 12.1 Å². The zero-order valence-corrected chi connectivity index (χ0v) is 10.7. The van der Waals surface area contributed by atoms with Crippen LogP contribution < -0.4 is 5.32 Å². The van der Waals surface area contributed by atoms with Crippen LogP contribution in [0.25, 0.3) is 0 Å². The van der Waals surface area contributed by atoms with Crippen LogP contribution >= 0.6 is 0 Å². The van der Waals surface area contributed by atoms with Gasteiger partial charge in [0.2, 0.25) is 0 Å². The van der Waals surface area contributed by atoms with Gasteiger partial charge in [0, 0.05) is 6.54 Å². The predicted molar refractivity (Wildman–Crippen MR) is 69.9 cm³/mol. The summed E-state index contributed by atoms with van der Waals surface area (Å²) in [4.78, 5) is 0. The van der Waals surface area contributed by atoms with E-state index in [1.165, 1.54) is 16.7 Å². The Morgan fingerprint density at radius 3 is 2.47 bits per heavy atom. The van der Waals surface area contributed by atoms with E-state index in [1.54, 1.807) is 6.26 Å². The molecule has 0 aliphatic carbocycles. The van der Waals surface area contributed by atoms with E-state index in [0.717, 1.165) is 12.3 Å². The third-order valence-electron chi connectivity index (χ3n) is 2.86. The molecular weight excluding hydrogens is 210 g/mol. The molecule has 2 rings (SSSR count). The van der Waals surface area contributed by atoms with Crippen molar-refractivity contribution >= 4 is 0 Å². The molecule has 0 saturated heterocycles. The topological polar surface area (TPSA) is 25.2 Å². The highest BCUT2D eigenvalue weighted by molar-refractivity contribution is 5.28. The largest absolute Gasteiger partial charge is 0.468 e. The first-order valence-corrected chi connectivity index (χ1v) is 5.99. The summed E-state index contributed by atoms with van der Waals surface area (Å²) in [6.07, 6.45) is 1.71. The van der Waals surface area contributed by atoms with E-state index < -0.39 is 0 Å². The molecule has 0 radical (unpaired) electrons. The third kappa shape index (κ3) is 3.21. The molecule has 0 aliphatic rings. The number of nitrogens with one attached hydrogen (secondary N) is 1. The van der Waals surface area contributed by atoms with Crippen molar-refractivity contribution in [2.45, 2.75) is 33.4 Å². The summed E-state index contributed by atoms with van der Waals surface area (Å²) in [5, 5.41) is 3.46. The summed E-state index contributed by atoms with van der Waals surface area (Å²) in [7, 11) is 0. The van der Waals surface area contributed by atoms with Crippen LogP contribution in [0.5, 0.6) is 0 Å². The Bertz CT molecular complexity index is 453. The van der Waals surface area contributed by atoms with Crippen LogP contribution in [-0.2, 0) is 6.54 Å². The molecule has 0 spiro atoms. The molecule has 1 aromatic heterocycles. The average Bonchev–Trinajstić information content (AvgIpc) is 2.78. The summed E-state index contributed by atoms with van der Waals surface area (Å²) in [5.41, 5.74) is 3.95. The van der Waals surface area contributed by atoms with Crippen LogP contribution in [0.3, 0.4) is 0 Å². The van der Waals surface area contributed by atoms with Crippen molar-refractivity contribution in [1.29, 1.82) is 0 Å². The van der Waals surface area contributed by atoms with Gasteiger partial charge in [0.1, 0.15) is 5.76 Å². The highest BCUT2D eigenvalue weighted by Crippen LogP contribution is 2.14. The first kappa shape index (κ1) is 11.9. The lowest BCUT2D eigenvalue weighted by molar-refractivity contribution is 0.430. The fourth-order valence-electron chi connectivity index (χ4n) is 2.08. The normalized spacial score (nSPS) is 12.6. The SMILES string of the molecule is Cc1cc(C)cc(CN[C@@H](C)c2ccco2)c1. The molecule has 0 amide bonds. The minimum absolute atomic E-state index is 0.241. The smallest absolute Gasteiger partial charge is 0.120 e. The van der Waals surface area contributed by atoms with Crippen LogP contribution in [-0.4, -0.2) is 0 Å². The fourth-order valence-corrected chi connectivity index (χ4v) is 2.08. The standard InChI is InChI=1S/C15H19NO/c1-11-7-12(2)9-14(8-11)10-16-13(3)15-5-4-6-17-15/h4-9,13,16H,10H2,1-3H3/t13-/m0/s1. The molecule has 0 unspecified atom stereocenters. The maximum atomic E-state index is 5.37. The molecule has 17 heavy (non-hydrogen) atoms. The van der Waals surface area contributed by atoms with Crippen LogP contribution in [0.4, 0.5) is 0 Å². The van der Waals surface area contributed by atoms with Crippen molar-refractivity contribution in [3.63, 3.8) is 0 Å². The van der Waals surface area contributed by atoms with Crippen molar-refractivity contribution in [2.24, 2.45) is 0 Å². The molecule has 2 nitrogen and oxygen atoms in total. The molecule has 1 heterocycles. The van der Waals surface area contributed by atoms with Gasteiger partial charge in [-0.1, -0.05) is 29.3 Å². The Kier molecular flexibility index (Phi) is 3.64. The first-order chi connectivity index (χ1) is 8.15. The first-order valence-electron chi connectivity index (χ1n) is 5.99. The average molecular weight is 229 g/mol. The zero-order chi connectivity index (χ0) is 12.3. The molecule has 2 heteroatoms. The van der Waals surface area contributed by atoms with Gasteiger partial charge in [0.15, 0.2) is 0 Å². The highest BCUT2D eigenvalue weighted by Gasteiger charge is 2.07. The molecule has 0 fully saturated rings. The molecule has 0 bridgehead atoms. The van der Waals surface area contributed by atoms with Crippen molar-refractivity contribution in [2.75, 3.05) is 0 Å². The van der Waals surface area contributed by atoms with E-state index in [4.69, 9.17) is 4.42 Å². The summed E-state index contributed by atoms with van der Waals surface area (Å²) >= 11 is 0. The van der Waals surface area contributed by atoms with Crippen LogP contribution in [0, 0.1) is 13.8 Å². The van der Waals surface area contributed by atoms with E-state index in [9.17, 15) is 0 Å². The lowest BCUT2D eigenvalue weighted by atomic mass is 10.1. The molecule has 90 valence electrons. The van der Waals surface area contributed by atoms with Gasteiger partial charge in [-0.05, 0) is 38.5 Å². The lowest BCUT2D eigenvalue weighted by Crippen LogP contribution is -2.17. The second kappa shape index (κ2) is 5.19. The van der Waals surface area contributed by atoms with Gasteiger partial charge in [-0.3, -0.25) is 0 Å². The van der Waals surface area contributed by atoms with Gasteiger partial charge >= 0.3 is 0 Å². The number of aryl methyl sites for hydroxylation is 2. The molecule has 1 atom stereocenters. The molecule has 1 aromatic carbocycles. The van der Waals surface area contributed by atoms with Gasteiger partial charge in [-0.25, -0.2) is 0 Å². The number of hydrogen-bond acceptors (Lipinski definition) is 2. The Morgan fingerprint density at radius 1 is 1.18 bits per heavy atom. The highest BCUT2D eigenvalue weighted by atomic mass is 16.3. The fraction of sp³-hybridized carbons (Fsp3) is 0.333. The maximum absolute atomic E-state index is 5.37. The van der Waals surface area contributed by atoms with E-state index in [0.29, 0.717) is 0 Å². The summed E-state index contributed by atoms with van der Waals surface area (Å²) in [6, 6.07) is 10.8. The Morgan fingerprint density at radius 2 is 1.88 bits per heavy atom. The summed E-state index contributed by atoms with van der Waals surface area (Å²) in [5.74, 6) is 0.981. The van der Waals surface area contributed by atoms with Crippen LogP contribution in [0.2, 0.25) is 0 Å². The predicted octanol–water partition coefficient (Wildman–Crippen LogP) is 3.75. The van der Waals surface area contributed by atoms with Gasteiger partial charge in [-0.15, -0.1) is 0 Å². The molecule has 1 N–H and O–H groups in total. The van der Waals surface area contributed by atoms with E-state index in [2.05, 4.69) is 44.3 Å². The number of hydrogen-bond donors (Lipinski definition) is 1. The molecule has 0 aliphatic heterocycles. The number of rotatable bonds is 4. The maximum Gasteiger partial charge on any atom is 0.120 e. The van der Waals surface area contributed by atoms with Crippen molar-refractivity contribution in [3.05, 3.63) is 59.0 Å². The molecular formula is C15H19NO. The van der Waals surface area contributed by atoms with Crippen molar-refractivity contribution in [3.8, 4) is 0 Å². The quantitative estimate of drug-likeness (QED) is 0.863. The number of benzene rings is 1. The second-order valence-electron chi connectivity index (χ2n) is 4.61. The molecule has 2 aromatic rings. The lowest BCUT2D eigenvalue weighted by Gasteiger charge is -2.12. The van der Waals surface area contributed by atoms with Gasteiger partial charge in [-0.2, -0.15) is 0 Å². The van der Waals surface area contributed by atoms with Crippen molar-refractivity contribution < 1.29 is 4.42 Å². The second-order valence-corrected chi connectivity index (χ2v) is 4.61.